The van der Waals surface area contributed by atoms with Gasteiger partial charge in [-0.25, -0.2) is 15.4 Å². The number of imidazole rings is 1. The minimum Gasteiger partial charge on any atom is -0.480 e. The van der Waals surface area contributed by atoms with E-state index in [-0.39, 0.29) is 0 Å². The summed E-state index contributed by atoms with van der Waals surface area (Å²) in [5.74, 6) is -0.832. The van der Waals surface area contributed by atoms with Crippen molar-refractivity contribution in [3.8, 4) is 0 Å². The molecule has 0 spiro atoms. The van der Waals surface area contributed by atoms with Gasteiger partial charge in [0.2, 0.25) is 0 Å². The minimum absolute atomic E-state index is 0.422. The molecule has 0 amide bonds. The smallest absolute Gasteiger partial charge is 0.322 e. The largest absolute Gasteiger partial charge is 0.480 e. The lowest BCUT2D eigenvalue weighted by Crippen LogP contribution is -2.48. The van der Waals surface area contributed by atoms with Gasteiger partial charge < -0.3 is 10.1 Å². The Balaban J connectivity index is 1.91. The van der Waals surface area contributed by atoms with Gasteiger partial charge in [-0.15, -0.1) is 0 Å². The number of H-pyrrole nitrogens is 1. The molecule has 1 aromatic rings. The van der Waals surface area contributed by atoms with Crippen molar-refractivity contribution in [2.45, 2.75) is 25.3 Å². The summed E-state index contributed by atoms with van der Waals surface area (Å²) in [4.78, 5) is 17.9. The summed E-state index contributed by atoms with van der Waals surface area (Å²) in [5.41, 5.74) is 3.87. The highest BCUT2D eigenvalue weighted by atomic mass is 16.4. The second-order valence-electron chi connectivity index (χ2n) is 4.00. The average molecular weight is 224 g/mol. The molecule has 2 heterocycles. The molecule has 3 N–H and O–H groups in total. The van der Waals surface area contributed by atoms with Crippen LogP contribution < -0.4 is 5.43 Å². The van der Waals surface area contributed by atoms with Crippen LogP contribution in [0.4, 0.5) is 0 Å². The van der Waals surface area contributed by atoms with Crippen molar-refractivity contribution in [2.75, 3.05) is 13.1 Å². The third kappa shape index (κ3) is 2.80. The first-order valence-electron chi connectivity index (χ1n) is 5.47. The van der Waals surface area contributed by atoms with Crippen molar-refractivity contribution in [3.63, 3.8) is 0 Å². The second-order valence-corrected chi connectivity index (χ2v) is 4.00. The number of hydrogen-bond acceptors (Lipinski definition) is 4. The highest BCUT2D eigenvalue weighted by molar-refractivity contribution is 5.73. The molecule has 2 rings (SSSR count). The van der Waals surface area contributed by atoms with E-state index in [4.69, 9.17) is 5.11 Å². The number of nitrogens with one attached hydrogen (secondary N) is 2. The Morgan fingerprint density at radius 2 is 2.38 bits per heavy atom. The number of aliphatic carboxylic acids is 1. The minimum atomic E-state index is -0.832. The molecule has 1 aromatic heterocycles. The van der Waals surface area contributed by atoms with Crippen LogP contribution in [0.1, 0.15) is 18.5 Å². The van der Waals surface area contributed by atoms with E-state index in [1.165, 1.54) is 0 Å². The van der Waals surface area contributed by atoms with Crippen LogP contribution >= 0.6 is 0 Å². The summed E-state index contributed by atoms with van der Waals surface area (Å²) in [5, 5.41) is 11.1. The Bertz CT molecular complexity index is 333. The summed E-state index contributed by atoms with van der Waals surface area (Å²) in [6.45, 7) is 1.85. The van der Waals surface area contributed by atoms with Crippen LogP contribution in [0.15, 0.2) is 12.5 Å². The lowest BCUT2D eigenvalue weighted by Gasteiger charge is -2.21. The van der Waals surface area contributed by atoms with Crippen molar-refractivity contribution in [1.29, 1.82) is 0 Å². The Hall–Kier alpha value is -1.40. The lowest BCUT2D eigenvalue weighted by molar-refractivity contribution is -0.141. The maximum atomic E-state index is 11.1. The third-order valence-electron chi connectivity index (χ3n) is 2.72. The van der Waals surface area contributed by atoms with E-state index in [1.54, 1.807) is 12.5 Å². The van der Waals surface area contributed by atoms with Crippen LogP contribution in [0.3, 0.4) is 0 Å². The molecule has 1 atom stereocenters. The van der Waals surface area contributed by atoms with Gasteiger partial charge in [-0.05, 0) is 12.8 Å². The number of hydrazine groups is 1. The number of carboxylic acid groups (broad SMARTS) is 1. The first-order valence-corrected chi connectivity index (χ1v) is 5.47. The molecule has 0 aliphatic carbocycles. The zero-order chi connectivity index (χ0) is 11.4. The zero-order valence-electron chi connectivity index (χ0n) is 9.02. The fraction of sp³-hybridized carbons (Fsp3) is 0.600. The Kier molecular flexibility index (Phi) is 3.53. The topological polar surface area (TPSA) is 81.2 Å². The van der Waals surface area contributed by atoms with E-state index in [0.717, 1.165) is 31.6 Å². The molecule has 16 heavy (non-hydrogen) atoms. The molecule has 1 aliphatic rings. The van der Waals surface area contributed by atoms with Gasteiger partial charge in [0.1, 0.15) is 6.04 Å². The van der Waals surface area contributed by atoms with Crippen molar-refractivity contribution in [3.05, 3.63) is 18.2 Å². The van der Waals surface area contributed by atoms with E-state index < -0.39 is 12.0 Å². The summed E-state index contributed by atoms with van der Waals surface area (Å²) in [7, 11) is 0. The van der Waals surface area contributed by atoms with Crippen LogP contribution in [0.2, 0.25) is 0 Å². The van der Waals surface area contributed by atoms with Crippen LogP contribution in [0.5, 0.6) is 0 Å². The number of aromatic amines is 1. The van der Waals surface area contributed by atoms with Gasteiger partial charge in [0.25, 0.3) is 0 Å². The maximum Gasteiger partial charge on any atom is 0.322 e. The molecular weight excluding hydrogens is 208 g/mol. The van der Waals surface area contributed by atoms with E-state index >= 15 is 0 Å². The first-order chi connectivity index (χ1) is 7.75. The molecule has 0 saturated carbocycles. The molecule has 6 heteroatoms. The Morgan fingerprint density at radius 3 is 2.94 bits per heavy atom. The standard InChI is InChI=1S/C10H16N4O2/c15-10(16)9(5-8-6-11-7-12-8)13-14-3-1-2-4-14/h6-7,9,13H,1-5H2,(H,11,12)(H,15,16)/t9-/m0/s1. The highest BCUT2D eigenvalue weighted by Crippen LogP contribution is 2.06. The van der Waals surface area contributed by atoms with Gasteiger partial charge in [-0.3, -0.25) is 4.79 Å². The molecule has 0 radical (unpaired) electrons. The molecule has 0 unspecified atom stereocenters. The third-order valence-corrected chi connectivity index (χ3v) is 2.72. The van der Waals surface area contributed by atoms with Crippen molar-refractivity contribution < 1.29 is 9.90 Å². The quantitative estimate of drug-likeness (QED) is 0.656. The van der Waals surface area contributed by atoms with Gasteiger partial charge in [0, 0.05) is 31.4 Å². The zero-order valence-corrected chi connectivity index (χ0v) is 9.02. The van der Waals surface area contributed by atoms with Crippen molar-refractivity contribution >= 4 is 5.97 Å². The molecule has 1 saturated heterocycles. The first kappa shape index (κ1) is 11.1. The predicted molar refractivity (Wildman–Crippen MR) is 57.7 cm³/mol. The lowest BCUT2D eigenvalue weighted by atomic mass is 10.2. The molecule has 6 nitrogen and oxygen atoms in total. The maximum absolute atomic E-state index is 11.1. The van der Waals surface area contributed by atoms with Gasteiger partial charge in [0.05, 0.1) is 6.33 Å². The molecule has 88 valence electrons. The van der Waals surface area contributed by atoms with E-state index in [0.29, 0.717) is 6.42 Å². The Labute approximate surface area is 93.6 Å². The molecule has 0 bridgehead atoms. The fourth-order valence-electron chi connectivity index (χ4n) is 1.87. The number of aromatic nitrogens is 2. The van der Waals surface area contributed by atoms with Crippen LogP contribution in [-0.4, -0.2) is 45.2 Å². The molecule has 1 fully saturated rings. The highest BCUT2D eigenvalue weighted by Gasteiger charge is 2.22. The summed E-state index contributed by atoms with van der Waals surface area (Å²) in [6, 6.07) is -0.585. The fourth-order valence-corrected chi connectivity index (χ4v) is 1.87. The van der Waals surface area contributed by atoms with Crippen molar-refractivity contribution in [2.24, 2.45) is 0 Å². The summed E-state index contributed by atoms with van der Waals surface area (Å²) < 4.78 is 0. The van der Waals surface area contributed by atoms with Crippen LogP contribution in [-0.2, 0) is 11.2 Å². The number of carbonyl (C=O) groups is 1. The SMILES string of the molecule is O=C(O)[C@H](Cc1cnc[nH]1)NN1CCCC1. The normalized spacial score (nSPS) is 18.8. The van der Waals surface area contributed by atoms with Gasteiger partial charge >= 0.3 is 5.97 Å². The summed E-state index contributed by atoms with van der Waals surface area (Å²) in [6.07, 6.45) is 5.89. The second kappa shape index (κ2) is 5.09. The summed E-state index contributed by atoms with van der Waals surface area (Å²) >= 11 is 0. The van der Waals surface area contributed by atoms with Crippen molar-refractivity contribution in [1.82, 2.24) is 20.4 Å². The molecule has 0 aromatic carbocycles. The molecule has 1 aliphatic heterocycles. The van der Waals surface area contributed by atoms with Gasteiger partial charge in [0.15, 0.2) is 0 Å². The molecular formula is C10H16N4O2. The number of carboxylic acids is 1. The van der Waals surface area contributed by atoms with Gasteiger partial charge in [-0.2, -0.15) is 0 Å². The Morgan fingerprint density at radius 1 is 1.62 bits per heavy atom. The number of rotatable bonds is 5. The number of hydrogen-bond donors (Lipinski definition) is 3. The van der Waals surface area contributed by atoms with E-state index in [1.807, 2.05) is 5.01 Å². The predicted octanol–water partition coefficient (Wildman–Crippen LogP) is 0.00580. The average Bonchev–Trinajstić information content (AvgIpc) is 2.88. The van der Waals surface area contributed by atoms with Crippen LogP contribution in [0.25, 0.3) is 0 Å². The van der Waals surface area contributed by atoms with E-state index in [9.17, 15) is 4.79 Å². The van der Waals surface area contributed by atoms with Gasteiger partial charge in [-0.1, -0.05) is 0 Å². The monoisotopic (exact) mass is 224 g/mol. The number of nitrogens with zero attached hydrogens (tertiary/aromatic N) is 2. The van der Waals surface area contributed by atoms with Crippen LogP contribution in [0, 0.1) is 0 Å². The van der Waals surface area contributed by atoms with E-state index in [2.05, 4.69) is 15.4 Å².